The molecule has 5 nitrogen and oxygen atoms in total. The lowest BCUT2D eigenvalue weighted by atomic mass is 10.0. The normalized spacial score (nSPS) is 18.7. The molecule has 2 amide bonds. The molecular weight excluding hydrogens is 290 g/mol. The van der Waals surface area contributed by atoms with Gasteiger partial charge in [0.25, 0.3) is 5.91 Å². The van der Waals surface area contributed by atoms with Gasteiger partial charge in [0.1, 0.15) is 0 Å². The van der Waals surface area contributed by atoms with E-state index in [1.807, 2.05) is 45.0 Å². The third-order valence-corrected chi connectivity index (χ3v) is 4.29. The molecule has 1 aliphatic heterocycles. The topological polar surface area (TPSA) is 62.3 Å². The Morgan fingerprint density at radius 3 is 2.87 bits per heavy atom. The fraction of sp³-hybridized carbons (Fsp3) is 0.389. The zero-order valence-electron chi connectivity index (χ0n) is 13.7. The summed E-state index contributed by atoms with van der Waals surface area (Å²) in [6.07, 6.45) is 0.344. The van der Waals surface area contributed by atoms with Crippen LogP contribution in [0.3, 0.4) is 0 Å². The largest absolute Gasteiger partial charge is 0.354 e. The van der Waals surface area contributed by atoms with Crippen molar-refractivity contribution in [2.45, 2.75) is 33.2 Å². The van der Waals surface area contributed by atoms with Crippen LogP contribution in [0.4, 0.5) is 0 Å². The molecule has 0 aliphatic carbocycles. The average molecular weight is 311 g/mol. The van der Waals surface area contributed by atoms with Crippen molar-refractivity contribution in [2.24, 2.45) is 0 Å². The first kappa shape index (κ1) is 15.5. The molecule has 0 saturated carbocycles. The number of benzene rings is 1. The highest BCUT2D eigenvalue weighted by atomic mass is 16.2. The Morgan fingerprint density at radius 1 is 1.30 bits per heavy atom. The van der Waals surface area contributed by atoms with Gasteiger partial charge in [-0.05, 0) is 38.5 Å². The summed E-state index contributed by atoms with van der Waals surface area (Å²) in [5.74, 6) is -0.0353. The summed E-state index contributed by atoms with van der Waals surface area (Å²) >= 11 is 0. The van der Waals surface area contributed by atoms with Crippen LogP contribution >= 0.6 is 0 Å². The Labute approximate surface area is 135 Å². The number of carbonyl (C=O) groups excluding carboxylic acids is 2. The minimum absolute atomic E-state index is 0.00135. The standard InChI is InChI=1S/C18H21N3O2/c1-11-4-5-14-15(9-12(2)20-16(14)8-11)18(23)21-7-6-17(22)19-10-13(21)3/h4-5,8-9,13H,6-7,10H2,1-3H3,(H,19,22)/t13-/m1/s1. The van der Waals surface area contributed by atoms with Crippen LogP contribution in [-0.2, 0) is 4.79 Å². The first-order valence-corrected chi connectivity index (χ1v) is 7.91. The number of carbonyl (C=O) groups is 2. The molecule has 2 heterocycles. The zero-order valence-corrected chi connectivity index (χ0v) is 13.7. The molecule has 5 heteroatoms. The van der Waals surface area contributed by atoms with E-state index in [9.17, 15) is 9.59 Å². The number of nitrogens with one attached hydrogen (secondary N) is 1. The first-order chi connectivity index (χ1) is 11.0. The first-order valence-electron chi connectivity index (χ1n) is 7.91. The predicted molar refractivity (Wildman–Crippen MR) is 89.3 cm³/mol. The minimum Gasteiger partial charge on any atom is -0.354 e. The number of amides is 2. The van der Waals surface area contributed by atoms with Crippen LogP contribution in [-0.4, -0.2) is 40.8 Å². The van der Waals surface area contributed by atoms with Gasteiger partial charge in [-0.2, -0.15) is 0 Å². The predicted octanol–water partition coefficient (Wildman–Crippen LogP) is 2.20. The lowest BCUT2D eigenvalue weighted by molar-refractivity contribution is -0.120. The lowest BCUT2D eigenvalue weighted by Gasteiger charge is -2.27. The highest BCUT2D eigenvalue weighted by Crippen LogP contribution is 2.22. The van der Waals surface area contributed by atoms with Crippen molar-refractivity contribution < 1.29 is 9.59 Å². The average Bonchev–Trinajstić information content (AvgIpc) is 2.67. The van der Waals surface area contributed by atoms with Gasteiger partial charge in [-0.15, -0.1) is 0 Å². The third kappa shape index (κ3) is 3.04. The quantitative estimate of drug-likeness (QED) is 0.878. The number of nitrogens with zero attached hydrogens (tertiary/aromatic N) is 2. The van der Waals surface area contributed by atoms with Crippen LogP contribution in [0.25, 0.3) is 10.9 Å². The van der Waals surface area contributed by atoms with Gasteiger partial charge in [0.05, 0.1) is 11.1 Å². The molecule has 0 radical (unpaired) electrons. The number of hydrogen-bond acceptors (Lipinski definition) is 3. The molecular formula is C18H21N3O2. The number of aromatic nitrogens is 1. The molecule has 0 bridgehead atoms. The molecule has 2 aromatic rings. The summed E-state index contributed by atoms with van der Waals surface area (Å²) in [4.78, 5) is 31.0. The second kappa shape index (κ2) is 5.99. The molecule has 1 aliphatic rings. The molecule has 1 fully saturated rings. The minimum atomic E-state index is -0.0339. The highest BCUT2D eigenvalue weighted by molar-refractivity contribution is 6.06. The van der Waals surface area contributed by atoms with Gasteiger partial charge in [0, 0.05) is 36.6 Å². The van der Waals surface area contributed by atoms with E-state index in [2.05, 4.69) is 10.3 Å². The van der Waals surface area contributed by atoms with Crippen molar-refractivity contribution in [3.63, 3.8) is 0 Å². The van der Waals surface area contributed by atoms with E-state index in [1.54, 1.807) is 4.90 Å². The maximum Gasteiger partial charge on any atom is 0.254 e. The Hall–Kier alpha value is -2.43. The number of fused-ring (bicyclic) bond motifs is 1. The van der Waals surface area contributed by atoms with Crippen molar-refractivity contribution in [1.82, 2.24) is 15.2 Å². The van der Waals surface area contributed by atoms with Gasteiger partial charge in [-0.25, -0.2) is 0 Å². The summed E-state index contributed by atoms with van der Waals surface area (Å²) < 4.78 is 0. The third-order valence-electron chi connectivity index (χ3n) is 4.29. The Bertz CT molecular complexity index is 780. The van der Waals surface area contributed by atoms with Crippen molar-refractivity contribution in [2.75, 3.05) is 13.1 Å². The van der Waals surface area contributed by atoms with Crippen molar-refractivity contribution in [3.05, 3.63) is 41.1 Å². The molecule has 1 atom stereocenters. The van der Waals surface area contributed by atoms with E-state index in [1.165, 1.54) is 0 Å². The molecule has 0 unspecified atom stereocenters. The van der Waals surface area contributed by atoms with E-state index in [0.717, 1.165) is 22.2 Å². The number of aryl methyl sites for hydroxylation is 2. The van der Waals surface area contributed by atoms with E-state index >= 15 is 0 Å². The van der Waals surface area contributed by atoms with E-state index in [-0.39, 0.29) is 17.9 Å². The van der Waals surface area contributed by atoms with Crippen molar-refractivity contribution in [1.29, 1.82) is 0 Å². The van der Waals surface area contributed by atoms with E-state index < -0.39 is 0 Å². The maximum atomic E-state index is 13.1. The lowest BCUT2D eigenvalue weighted by Crippen LogP contribution is -2.41. The van der Waals surface area contributed by atoms with Crippen LogP contribution in [0.1, 0.15) is 35.0 Å². The van der Waals surface area contributed by atoms with Gasteiger partial charge >= 0.3 is 0 Å². The van der Waals surface area contributed by atoms with Crippen molar-refractivity contribution in [3.8, 4) is 0 Å². The van der Waals surface area contributed by atoms with Crippen molar-refractivity contribution >= 4 is 22.7 Å². The van der Waals surface area contributed by atoms with Gasteiger partial charge in [0.15, 0.2) is 0 Å². The molecule has 1 aromatic carbocycles. The van der Waals surface area contributed by atoms with Crippen LogP contribution in [0.15, 0.2) is 24.3 Å². The van der Waals surface area contributed by atoms with Gasteiger partial charge < -0.3 is 10.2 Å². The molecule has 23 heavy (non-hydrogen) atoms. The van der Waals surface area contributed by atoms with Gasteiger partial charge in [0.2, 0.25) is 5.91 Å². The number of hydrogen-bond donors (Lipinski definition) is 1. The molecule has 120 valence electrons. The van der Waals surface area contributed by atoms with Crippen LogP contribution in [0.5, 0.6) is 0 Å². The fourth-order valence-electron chi connectivity index (χ4n) is 3.01. The smallest absolute Gasteiger partial charge is 0.254 e. The summed E-state index contributed by atoms with van der Waals surface area (Å²) in [6, 6.07) is 7.76. The van der Waals surface area contributed by atoms with E-state index in [0.29, 0.717) is 25.1 Å². The summed E-state index contributed by atoms with van der Waals surface area (Å²) in [5.41, 5.74) is 3.44. The monoisotopic (exact) mass is 311 g/mol. The van der Waals surface area contributed by atoms with E-state index in [4.69, 9.17) is 0 Å². The SMILES string of the molecule is Cc1ccc2c(C(=O)N3CCC(=O)NC[C@H]3C)cc(C)nc2c1. The van der Waals surface area contributed by atoms with Crippen LogP contribution in [0.2, 0.25) is 0 Å². The Balaban J connectivity index is 2.05. The highest BCUT2D eigenvalue weighted by Gasteiger charge is 2.26. The molecule has 3 rings (SSSR count). The fourth-order valence-corrected chi connectivity index (χ4v) is 3.01. The maximum absolute atomic E-state index is 13.1. The van der Waals surface area contributed by atoms with Gasteiger partial charge in [-0.1, -0.05) is 12.1 Å². The second-order valence-corrected chi connectivity index (χ2v) is 6.23. The Morgan fingerprint density at radius 2 is 2.09 bits per heavy atom. The zero-order chi connectivity index (χ0) is 16.6. The van der Waals surface area contributed by atoms with Crippen LogP contribution < -0.4 is 5.32 Å². The molecule has 1 N–H and O–H groups in total. The van der Waals surface area contributed by atoms with Crippen LogP contribution in [0, 0.1) is 13.8 Å². The molecule has 1 saturated heterocycles. The molecule has 0 spiro atoms. The molecule has 1 aromatic heterocycles. The number of pyridine rings is 1. The summed E-state index contributed by atoms with van der Waals surface area (Å²) in [7, 11) is 0. The summed E-state index contributed by atoms with van der Waals surface area (Å²) in [5, 5.41) is 3.70. The van der Waals surface area contributed by atoms with Gasteiger partial charge in [-0.3, -0.25) is 14.6 Å². The Kier molecular flexibility index (Phi) is 4.03. The number of rotatable bonds is 1. The second-order valence-electron chi connectivity index (χ2n) is 6.23. The summed E-state index contributed by atoms with van der Waals surface area (Å²) in [6.45, 7) is 6.81.